The summed E-state index contributed by atoms with van der Waals surface area (Å²) in [6, 6.07) is 9.52. The number of methoxy groups -OCH3 is 1. The average molecular weight is 235 g/mol. The molecule has 2 aromatic rings. The second kappa shape index (κ2) is 4.41. The lowest BCUT2D eigenvalue weighted by Crippen LogP contribution is -1.95. The van der Waals surface area contributed by atoms with Crippen LogP contribution < -0.4 is 10.5 Å². The number of benzene rings is 2. The van der Waals surface area contributed by atoms with Gasteiger partial charge in [0.15, 0.2) is 11.6 Å². The van der Waals surface area contributed by atoms with E-state index in [1.807, 2.05) is 0 Å². The molecule has 0 radical (unpaired) electrons. The predicted molar refractivity (Wildman–Crippen MR) is 62.8 cm³/mol. The quantitative estimate of drug-likeness (QED) is 0.811. The van der Waals surface area contributed by atoms with Crippen molar-refractivity contribution in [3.05, 3.63) is 48.0 Å². The van der Waals surface area contributed by atoms with Crippen LogP contribution in [0.1, 0.15) is 0 Å². The molecule has 88 valence electrons. The first-order chi connectivity index (χ1) is 8.11. The Bertz CT molecular complexity index is 515. The molecule has 0 fully saturated rings. The van der Waals surface area contributed by atoms with Gasteiger partial charge in [0.1, 0.15) is 5.75 Å². The van der Waals surface area contributed by atoms with Gasteiger partial charge in [-0.3, -0.25) is 0 Å². The Hall–Kier alpha value is -2.10. The van der Waals surface area contributed by atoms with Gasteiger partial charge in [-0.25, -0.2) is 8.78 Å². The molecule has 2 nitrogen and oxygen atoms in total. The Morgan fingerprint density at radius 3 is 2.18 bits per heavy atom. The normalized spacial score (nSPS) is 10.3. The van der Waals surface area contributed by atoms with Gasteiger partial charge in [-0.2, -0.15) is 0 Å². The third kappa shape index (κ3) is 2.20. The second-order valence-corrected chi connectivity index (χ2v) is 3.59. The molecule has 4 heteroatoms. The van der Waals surface area contributed by atoms with E-state index < -0.39 is 11.6 Å². The van der Waals surface area contributed by atoms with Gasteiger partial charge in [0.25, 0.3) is 0 Å². The Morgan fingerprint density at radius 2 is 1.65 bits per heavy atom. The van der Waals surface area contributed by atoms with Crippen molar-refractivity contribution >= 4 is 5.69 Å². The zero-order chi connectivity index (χ0) is 12.4. The summed E-state index contributed by atoms with van der Waals surface area (Å²) in [5, 5.41) is 0. The monoisotopic (exact) mass is 235 g/mol. The van der Waals surface area contributed by atoms with E-state index in [2.05, 4.69) is 0 Å². The molecule has 0 aliphatic heterocycles. The smallest absolute Gasteiger partial charge is 0.181 e. The van der Waals surface area contributed by atoms with E-state index in [4.69, 9.17) is 10.5 Å². The van der Waals surface area contributed by atoms with Crippen LogP contribution in [0.4, 0.5) is 14.5 Å². The number of hydrogen-bond acceptors (Lipinski definition) is 2. The number of ether oxygens (including phenoxy) is 1. The van der Waals surface area contributed by atoms with Crippen LogP contribution in [0, 0.1) is 11.6 Å². The average Bonchev–Trinajstić information content (AvgIpc) is 2.35. The molecular formula is C13H11F2NO. The first-order valence-electron chi connectivity index (χ1n) is 5.01. The second-order valence-electron chi connectivity index (χ2n) is 3.59. The summed E-state index contributed by atoms with van der Waals surface area (Å²) in [5.74, 6) is -1.26. The largest absolute Gasteiger partial charge is 0.497 e. The van der Waals surface area contributed by atoms with Crippen molar-refractivity contribution in [2.75, 3.05) is 12.8 Å². The third-order valence-electron chi connectivity index (χ3n) is 2.48. The van der Waals surface area contributed by atoms with Crippen LogP contribution in [-0.2, 0) is 0 Å². The fraction of sp³-hybridized carbons (Fsp3) is 0.0769. The Labute approximate surface area is 97.6 Å². The summed E-state index contributed by atoms with van der Waals surface area (Å²) in [6.45, 7) is 0. The van der Waals surface area contributed by atoms with Gasteiger partial charge < -0.3 is 10.5 Å². The number of nitrogen functional groups attached to an aromatic ring is 1. The molecular weight excluding hydrogens is 224 g/mol. The summed E-state index contributed by atoms with van der Waals surface area (Å²) in [4.78, 5) is 0. The SMILES string of the molecule is COc1ccc(-c2cc(N)c(F)c(F)c2)cc1. The van der Waals surface area contributed by atoms with Crippen molar-refractivity contribution in [2.45, 2.75) is 0 Å². The lowest BCUT2D eigenvalue weighted by atomic mass is 10.0. The van der Waals surface area contributed by atoms with Crippen LogP contribution in [0.3, 0.4) is 0 Å². The highest BCUT2D eigenvalue weighted by molar-refractivity contribution is 5.68. The maximum absolute atomic E-state index is 13.2. The zero-order valence-electron chi connectivity index (χ0n) is 9.21. The third-order valence-corrected chi connectivity index (χ3v) is 2.48. The van der Waals surface area contributed by atoms with Crippen LogP contribution >= 0.6 is 0 Å². The van der Waals surface area contributed by atoms with Crippen LogP contribution in [0.25, 0.3) is 11.1 Å². The number of hydrogen-bond donors (Lipinski definition) is 1. The van der Waals surface area contributed by atoms with Crippen molar-refractivity contribution in [1.29, 1.82) is 0 Å². The van der Waals surface area contributed by atoms with Gasteiger partial charge >= 0.3 is 0 Å². The molecule has 17 heavy (non-hydrogen) atoms. The minimum absolute atomic E-state index is 0.198. The molecule has 0 aliphatic carbocycles. The molecule has 0 aromatic heterocycles. The van der Waals surface area contributed by atoms with Gasteiger partial charge in [-0.15, -0.1) is 0 Å². The zero-order valence-corrected chi connectivity index (χ0v) is 9.21. The fourth-order valence-electron chi connectivity index (χ4n) is 1.56. The molecule has 2 aromatic carbocycles. The van der Waals surface area contributed by atoms with Crippen molar-refractivity contribution in [2.24, 2.45) is 0 Å². The lowest BCUT2D eigenvalue weighted by Gasteiger charge is -2.06. The van der Waals surface area contributed by atoms with Crippen molar-refractivity contribution < 1.29 is 13.5 Å². The minimum Gasteiger partial charge on any atom is -0.497 e. The van der Waals surface area contributed by atoms with E-state index in [1.54, 1.807) is 31.4 Å². The molecule has 0 bridgehead atoms. The highest BCUT2D eigenvalue weighted by Crippen LogP contribution is 2.27. The van der Waals surface area contributed by atoms with Gasteiger partial charge in [-0.05, 0) is 35.4 Å². The fourth-order valence-corrected chi connectivity index (χ4v) is 1.56. The maximum Gasteiger partial charge on any atom is 0.181 e. The number of nitrogens with two attached hydrogens (primary N) is 1. The van der Waals surface area contributed by atoms with E-state index in [1.165, 1.54) is 6.07 Å². The Balaban J connectivity index is 2.45. The first-order valence-corrected chi connectivity index (χ1v) is 5.01. The standard InChI is InChI=1S/C13H11F2NO/c1-17-10-4-2-8(3-5-10)9-6-11(14)13(15)12(16)7-9/h2-7H,16H2,1H3. The maximum atomic E-state index is 13.2. The molecule has 0 heterocycles. The molecule has 0 saturated carbocycles. The van der Waals surface area contributed by atoms with Gasteiger partial charge in [-0.1, -0.05) is 12.1 Å². The molecule has 0 unspecified atom stereocenters. The first kappa shape index (κ1) is 11.4. The van der Waals surface area contributed by atoms with Gasteiger partial charge in [0.2, 0.25) is 0 Å². The van der Waals surface area contributed by atoms with E-state index >= 15 is 0 Å². The number of rotatable bonds is 2. The number of halogens is 2. The summed E-state index contributed by atoms with van der Waals surface area (Å²) in [7, 11) is 1.56. The molecule has 0 spiro atoms. The van der Waals surface area contributed by atoms with E-state index in [-0.39, 0.29) is 5.69 Å². The highest BCUT2D eigenvalue weighted by atomic mass is 19.2. The van der Waals surface area contributed by atoms with Crippen LogP contribution in [0.15, 0.2) is 36.4 Å². The molecule has 0 amide bonds. The summed E-state index contributed by atoms with van der Waals surface area (Å²) in [5.41, 5.74) is 6.46. The highest BCUT2D eigenvalue weighted by Gasteiger charge is 2.09. The molecule has 0 atom stereocenters. The van der Waals surface area contributed by atoms with Gasteiger partial charge in [0, 0.05) is 0 Å². The van der Waals surface area contributed by atoms with Crippen molar-refractivity contribution in [3.8, 4) is 16.9 Å². The summed E-state index contributed by atoms with van der Waals surface area (Å²) < 4.78 is 31.2. The Kier molecular flexibility index (Phi) is 2.95. The van der Waals surface area contributed by atoms with E-state index in [9.17, 15) is 8.78 Å². The molecule has 0 aliphatic rings. The van der Waals surface area contributed by atoms with Crippen molar-refractivity contribution in [3.63, 3.8) is 0 Å². The van der Waals surface area contributed by atoms with E-state index in [0.717, 1.165) is 11.6 Å². The van der Waals surface area contributed by atoms with Crippen LogP contribution in [-0.4, -0.2) is 7.11 Å². The molecule has 0 saturated heterocycles. The topological polar surface area (TPSA) is 35.2 Å². The van der Waals surface area contributed by atoms with Crippen molar-refractivity contribution in [1.82, 2.24) is 0 Å². The summed E-state index contributed by atoms with van der Waals surface area (Å²) in [6.07, 6.45) is 0. The van der Waals surface area contributed by atoms with Gasteiger partial charge in [0.05, 0.1) is 12.8 Å². The Morgan fingerprint density at radius 1 is 1.00 bits per heavy atom. The molecule has 2 N–H and O–H groups in total. The van der Waals surface area contributed by atoms with E-state index in [0.29, 0.717) is 11.3 Å². The summed E-state index contributed by atoms with van der Waals surface area (Å²) >= 11 is 0. The minimum atomic E-state index is -1.01. The predicted octanol–water partition coefficient (Wildman–Crippen LogP) is 3.22. The van der Waals surface area contributed by atoms with Crippen LogP contribution in [0.2, 0.25) is 0 Å². The number of anilines is 1. The molecule has 2 rings (SSSR count). The van der Waals surface area contributed by atoms with Crippen LogP contribution in [0.5, 0.6) is 5.75 Å². The lowest BCUT2D eigenvalue weighted by molar-refractivity contribution is 0.415.